The van der Waals surface area contributed by atoms with Crippen LogP contribution in [0.3, 0.4) is 0 Å². The number of anilines is 1. The van der Waals surface area contributed by atoms with Crippen LogP contribution in [0.25, 0.3) is 28.1 Å². The zero-order valence-corrected chi connectivity index (χ0v) is 18.3. The van der Waals surface area contributed by atoms with Crippen LogP contribution >= 0.6 is 0 Å². The number of carbonyl (C=O) groups is 1. The van der Waals surface area contributed by atoms with E-state index < -0.39 is 23.3 Å². The van der Waals surface area contributed by atoms with Gasteiger partial charge in [-0.2, -0.15) is 18.3 Å². The van der Waals surface area contributed by atoms with Gasteiger partial charge in [-0.05, 0) is 53.2 Å². The van der Waals surface area contributed by atoms with Crippen molar-refractivity contribution in [1.82, 2.24) is 40.0 Å². The van der Waals surface area contributed by atoms with E-state index in [1.54, 1.807) is 50.5 Å². The maximum Gasteiger partial charge on any atom is 0.434 e. The number of nitrogens with one attached hydrogen (secondary N) is 1. The molecule has 35 heavy (non-hydrogen) atoms. The number of halogens is 3. The third-order valence-corrected chi connectivity index (χ3v) is 5.30. The Morgan fingerprint density at radius 1 is 1.09 bits per heavy atom. The third-order valence-electron chi connectivity index (χ3n) is 5.30. The van der Waals surface area contributed by atoms with Crippen LogP contribution in [-0.4, -0.2) is 45.9 Å². The summed E-state index contributed by atoms with van der Waals surface area (Å²) >= 11 is 0. The van der Waals surface area contributed by atoms with Gasteiger partial charge in [0.05, 0.1) is 34.8 Å². The van der Waals surface area contributed by atoms with E-state index in [1.165, 1.54) is 16.9 Å². The molecule has 4 aromatic heterocycles. The van der Waals surface area contributed by atoms with Crippen LogP contribution in [-0.2, 0) is 13.2 Å². The highest BCUT2D eigenvalue weighted by molar-refractivity contribution is 6.05. The maximum atomic E-state index is 14.1. The molecule has 1 aromatic carbocycles. The second kappa shape index (κ2) is 8.27. The molecule has 0 saturated heterocycles. The van der Waals surface area contributed by atoms with Crippen LogP contribution in [0, 0.1) is 6.92 Å². The molecule has 0 spiro atoms. The molecular weight excluding hydrogens is 463 g/mol. The van der Waals surface area contributed by atoms with Gasteiger partial charge in [-0.15, -0.1) is 5.10 Å². The topological polar surface area (TPSA) is 116 Å². The molecule has 1 amide bonds. The Bertz CT molecular complexity index is 1570. The molecule has 5 rings (SSSR count). The second-order valence-electron chi connectivity index (χ2n) is 7.63. The molecule has 0 atom stereocenters. The van der Waals surface area contributed by atoms with Gasteiger partial charge in [0.15, 0.2) is 5.69 Å². The summed E-state index contributed by atoms with van der Waals surface area (Å²) in [4.78, 5) is 21.4. The first kappa shape index (κ1) is 22.1. The molecular formula is C22H16F3N9O. The number of fused-ring (bicyclic) bond motifs is 1. The van der Waals surface area contributed by atoms with Crippen LogP contribution in [0.15, 0.2) is 55.0 Å². The number of aromatic nitrogens is 8. The van der Waals surface area contributed by atoms with E-state index in [2.05, 4.69) is 35.9 Å². The fourth-order valence-electron chi connectivity index (χ4n) is 3.75. The lowest BCUT2D eigenvalue weighted by Gasteiger charge is -2.14. The summed E-state index contributed by atoms with van der Waals surface area (Å²) in [6, 6.07) is 9.58. The van der Waals surface area contributed by atoms with Crippen LogP contribution in [0.5, 0.6) is 0 Å². The minimum absolute atomic E-state index is 0.154. The number of rotatable bonds is 4. The molecule has 10 nitrogen and oxygen atoms in total. The Morgan fingerprint density at radius 2 is 1.91 bits per heavy atom. The predicted octanol–water partition coefficient (Wildman–Crippen LogP) is 3.59. The van der Waals surface area contributed by atoms with E-state index in [9.17, 15) is 18.0 Å². The molecule has 0 bridgehead atoms. The van der Waals surface area contributed by atoms with Gasteiger partial charge in [0.2, 0.25) is 5.82 Å². The summed E-state index contributed by atoms with van der Waals surface area (Å²) in [6.07, 6.45) is -1.10. The summed E-state index contributed by atoms with van der Waals surface area (Å²) in [6.45, 7) is 1.72. The maximum absolute atomic E-state index is 14.1. The lowest BCUT2D eigenvalue weighted by Crippen LogP contribution is -2.21. The Balaban J connectivity index is 1.52. The van der Waals surface area contributed by atoms with Crippen molar-refractivity contribution in [2.24, 2.45) is 7.05 Å². The first-order valence-electron chi connectivity index (χ1n) is 10.2. The number of aryl methyl sites for hydroxylation is 2. The highest BCUT2D eigenvalue weighted by Gasteiger charge is 2.41. The molecule has 4 heterocycles. The molecule has 176 valence electrons. The van der Waals surface area contributed by atoms with Crippen molar-refractivity contribution in [3.05, 3.63) is 71.8 Å². The van der Waals surface area contributed by atoms with E-state index in [4.69, 9.17) is 0 Å². The Morgan fingerprint density at radius 3 is 2.63 bits per heavy atom. The number of nitrogens with zero attached hydrogens (tertiary/aromatic N) is 8. The molecule has 0 aliphatic rings. The number of alkyl halides is 3. The molecule has 5 aromatic rings. The Kier molecular flexibility index (Phi) is 5.23. The highest BCUT2D eigenvalue weighted by atomic mass is 19.4. The number of hydrogen-bond acceptors (Lipinski definition) is 7. The lowest BCUT2D eigenvalue weighted by molar-refractivity contribution is -0.143. The van der Waals surface area contributed by atoms with Crippen molar-refractivity contribution in [1.29, 1.82) is 0 Å². The fourth-order valence-corrected chi connectivity index (χ4v) is 3.75. The summed E-state index contributed by atoms with van der Waals surface area (Å²) in [7, 11) is 1.65. The van der Waals surface area contributed by atoms with Crippen LogP contribution in [0.1, 0.15) is 21.6 Å². The van der Waals surface area contributed by atoms with Crippen LogP contribution < -0.4 is 5.32 Å². The van der Waals surface area contributed by atoms with Gasteiger partial charge in [0.25, 0.3) is 5.91 Å². The lowest BCUT2D eigenvalue weighted by atomic mass is 10.1. The number of pyridine rings is 2. The first-order chi connectivity index (χ1) is 16.7. The zero-order valence-electron chi connectivity index (χ0n) is 18.3. The third kappa shape index (κ3) is 3.96. The van der Waals surface area contributed by atoms with Gasteiger partial charge < -0.3 is 5.32 Å². The molecule has 0 saturated carbocycles. The van der Waals surface area contributed by atoms with Gasteiger partial charge in [0, 0.05) is 18.6 Å². The molecule has 13 heteroatoms. The number of carbonyl (C=O) groups excluding carboxylic acids is 1. The molecule has 0 radical (unpaired) electrons. The van der Waals surface area contributed by atoms with E-state index in [0.29, 0.717) is 32.7 Å². The minimum Gasteiger partial charge on any atom is -0.320 e. The normalized spacial score (nSPS) is 11.7. The van der Waals surface area contributed by atoms with Crippen molar-refractivity contribution < 1.29 is 18.0 Å². The quantitative estimate of drug-likeness (QED) is 0.419. The van der Waals surface area contributed by atoms with E-state index in [-0.39, 0.29) is 11.4 Å². The van der Waals surface area contributed by atoms with Crippen molar-refractivity contribution in [2.45, 2.75) is 13.1 Å². The molecule has 0 unspecified atom stereocenters. The molecule has 0 aliphatic carbocycles. The number of amides is 1. The van der Waals surface area contributed by atoms with Gasteiger partial charge in [-0.25, -0.2) is 9.36 Å². The summed E-state index contributed by atoms with van der Waals surface area (Å²) in [5.74, 6) is -0.568. The monoisotopic (exact) mass is 479 g/mol. The first-order valence-corrected chi connectivity index (χ1v) is 10.2. The number of tetrazole rings is 1. The summed E-state index contributed by atoms with van der Waals surface area (Å²) in [5.41, 5.74) is 0.136. The number of hydrogen-bond donors (Lipinski definition) is 1. The SMILES string of the molecule is Cc1cc(NC(=O)c2cnn(-c3cccc4ncccc34)c2C(F)(F)F)cnc1-c1nnnn1C. The van der Waals surface area contributed by atoms with Crippen molar-refractivity contribution in [2.75, 3.05) is 5.32 Å². The van der Waals surface area contributed by atoms with E-state index in [1.807, 2.05) is 0 Å². The zero-order chi connectivity index (χ0) is 24.7. The standard InChI is InChI=1S/C22H16F3N9O/c1-12-9-13(10-27-18(12)20-30-31-32-33(20)2)29-21(35)15-11-28-34(19(15)22(23,24)25)17-7-3-6-16-14(17)5-4-8-26-16/h3-11H,1-2H3,(H,29,35). The van der Waals surface area contributed by atoms with Gasteiger partial charge in [-0.1, -0.05) is 6.07 Å². The fraction of sp³-hybridized carbons (Fsp3) is 0.136. The van der Waals surface area contributed by atoms with Crippen molar-refractivity contribution in [3.63, 3.8) is 0 Å². The highest BCUT2D eigenvalue weighted by Crippen LogP contribution is 2.35. The summed E-state index contributed by atoms with van der Waals surface area (Å²) in [5, 5.41) is 18.0. The predicted molar refractivity (Wildman–Crippen MR) is 119 cm³/mol. The summed E-state index contributed by atoms with van der Waals surface area (Å²) < 4.78 is 44.6. The van der Waals surface area contributed by atoms with Gasteiger partial charge >= 0.3 is 6.18 Å². The van der Waals surface area contributed by atoms with Crippen LogP contribution in [0.4, 0.5) is 18.9 Å². The average Bonchev–Trinajstić information content (AvgIpc) is 3.45. The van der Waals surface area contributed by atoms with Gasteiger partial charge in [-0.3, -0.25) is 14.8 Å². The minimum atomic E-state index is -4.86. The van der Waals surface area contributed by atoms with E-state index in [0.717, 1.165) is 6.20 Å². The largest absolute Gasteiger partial charge is 0.434 e. The van der Waals surface area contributed by atoms with Crippen molar-refractivity contribution in [3.8, 4) is 17.2 Å². The van der Waals surface area contributed by atoms with Crippen LogP contribution in [0.2, 0.25) is 0 Å². The Labute approximate surface area is 195 Å². The molecule has 0 fully saturated rings. The van der Waals surface area contributed by atoms with Gasteiger partial charge in [0.1, 0.15) is 5.69 Å². The van der Waals surface area contributed by atoms with E-state index >= 15 is 0 Å². The Hall–Kier alpha value is -4.68. The molecule has 1 N–H and O–H groups in total. The van der Waals surface area contributed by atoms with Crippen molar-refractivity contribution >= 4 is 22.5 Å². The second-order valence-corrected chi connectivity index (χ2v) is 7.63. The average molecular weight is 479 g/mol. The molecule has 0 aliphatic heterocycles. The number of benzene rings is 1. The smallest absolute Gasteiger partial charge is 0.320 e.